The van der Waals surface area contributed by atoms with Gasteiger partial charge in [-0.25, -0.2) is 0 Å². The molecule has 6 aromatic rings. The van der Waals surface area contributed by atoms with E-state index in [9.17, 15) is 0 Å². The van der Waals surface area contributed by atoms with Gasteiger partial charge in [-0.05, 0) is 0 Å². The van der Waals surface area contributed by atoms with Crippen LogP contribution in [-0.2, 0) is 6.16 Å². The first-order valence-electron chi connectivity index (χ1n) is 13.3. The molecule has 0 aliphatic carbocycles. The summed E-state index contributed by atoms with van der Waals surface area (Å²) in [5, 5.41) is 0.887. The van der Waals surface area contributed by atoms with Gasteiger partial charge in [-0.15, -0.1) is 0 Å². The maximum atomic E-state index is 4.63. The molecule has 6 rings (SSSR count). The molecule has 0 spiro atoms. The molecule has 2 heteroatoms. The molecule has 0 nitrogen and oxygen atoms in total. The molecular formula is C37H30BrP. The third kappa shape index (κ3) is 4.67. The molecule has 0 aliphatic rings. The number of rotatable bonds is 7. The van der Waals surface area contributed by atoms with E-state index in [1.54, 1.807) is 0 Å². The zero-order valence-corrected chi connectivity index (χ0v) is 24.2. The molecule has 39 heavy (non-hydrogen) atoms. The van der Waals surface area contributed by atoms with Gasteiger partial charge in [-0.3, -0.25) is 0 Å². The number of hydrogen-bond donors (Lipinski definition) is 0. The molecule has 0 saturated heterocycles. The molecule has 0 N–H and O–H groups in total. The van der Waals surface area contributed by atoms with E-state index in [1.165, 1.54) is 43.7 Å². The molecule has 0 unspecified atom stereocenters. The van der Waals surface area contributed by atoms with Crippen molar-refractivity contribution < 1.29 is 0 Å². The van der Waals surface area contributed by atoms with Gasteiger partial charge in [-0.1, -0.05) is 0 Å². The Morgan fingerprint density at radius 3 is 1.15 bits per heavy atom. The zero-order valence-electron chi connectivity index (χ0n) is 21.7. The van der Waals surface area contributed by atoms with E-state index in [0.29, 0.717) is 0 Å². The average Bonchev–Trinajstić information content (AvgIpc) is 3.03. The molecule has 0 aromatic heterocycles. The van der Waals surface area contributed by atoms with Crippen LogP contribution in [0.5, 0.6) is 0 Å². The van der Waals surface area contributed by atoms with Crippen molar-refractivity contribution in [2.75, 3.05) is 0 Å². The van der Waals surface area contributed by atoms with E-state index in [2.05, 4.69) is 185 Å². The quantitative estimate of drug-likeness (QED) is 0.164. The Labute approximate surface area is 239 Å². The molecule has 190 valence electrons. The van der Waals surface area contributed by atoms with Crippen LogP contribution in [0.3, 0.4) is 0 Å². The van der Waals surface area contributed by atoms with Crippen molar-refractivity contribution in [1.82, 2.24) is 0 Å². The molecular weight excluding hydrogens is 555 g/mol. The van der Waals surface area contributed by atoms with Crippen LogP contribution in [0.4, 0.5) is 0 Å². The van der Waals surface area contributed by atoms with Gasteiger partial charge >= 0.3 is 241 Å². The van der Waals surface area contributed by atoms with Gasteiger partial charge in [0.1, 0.15) is 0 Å². The second-order valence-corrected chi connectivity index (χ2v) is 18.9. The van der Waals surface area contributed by atoms with E-state index in [0.717, 1.165) is 6.16 Å². The zero-order chi connectivity index (χ0) is 26.6. The van der Waals surface area contributed by atoms with Crippen molar-refractivity contribution in [2.45, 2.75) is 6.16 Å². The number of halogens is 1. The summed E-state index contributed by atoms with van der Waals surface area (Å²) >= 11 is 4.63. The fourth-order valence-corrected chi connectivity index (χ4v) is 13.4. The van der Waals surface area contributed by atoms with E-state index in [1.807, 2.05) is 0 Å². The number of hydrogen-bond acceptors (Lipinski definition) is 0. The SMILES string of the molecule is BrP(Cc1ccc(-c2ccccc2)c(-c2ccccc2)c1)(c1ccccc1)(c1ccccc1)c1ccccc1. The Balaban J connectivity index is 1.62. The Morgan fingerprint density at radius 2 is 0.744 bits per heavy atom. The Kier molecular flexibility index (Phi) is 7.05. The molecule has 0 aliphatic heterocycles. The molecule has 0 saturated carbocycles. The Morgan fingerprint density at radius 1 is 0.385 bits per heavy atom. The van der Waals surface area contributed by atoms with Crippen LogP contribution in [0.25, 0.3) is 22.3 Å². The topological polar surface area (TPSA) is 0 Å². The summed E-state index contributed by atoms with van der Waals surface area (Å²) < 4.78 is 0. The molecule has 0 atom stereocenters. The summed E-state index contributed by atoms with van der Waals surface area (Å²) in [5.74, 6) is 0. The van der Waals surface area contributed by atoms with Crippen LogP contribution < -0.4 is 15.9 Å². The summed E-state index contributed by atoms with van der Waals surface area (Å²) in [6, 6.07) is 61.6. The molecule has 6 aromatic carbocycles. The monoisotopic (exact) mass is 584 g/mol. The van der Waals surface area contributed by atoms with Crippen LogP contribution in [0.1, 0.15) is 5.56 Å². The van der Waals surface area contributed by atoms with Crippen molar-refractivity contribution in [1.29, 1.82) is 0 Å². The second-order valence-electron chi connectivity index (χ2n) is 9.96. The molecule has 0 radical (unpaired) electrons. The normalized spacial score (nSPS) is 12.4. The van der Waals surface area contributed by atoms with Crippen LogP contribution in [0, 0.1) is 0 Å². The standard InChI is InChI=1S/C37H30BrP/c38-39(33-20-10-3-11-21-33,34-22-12-4-13-23-34,35-24-14-5-15-25-35)29-30-26-27-36(31-16-6-1-7-17-31)37(28-30)32-18-8-2-9-19-32/h1-28H,29H2. The summed E-state index contributed by atoms with van der Waals surface area (Å²) in [5.41, 5.74) is 6.27. The first kappa shape index (κ1) is 25.5. The van der Waals surface area contributed by atoms with E-state index < -0.39 is 5.31 Å². The minimum atomic E-state index is -3.10. The van der Waals surface area contributed by atoms with Crippen LogP contribution in [0.2, 0.25) is 0 Å². The van der Waals surface area contributed by atoms with E-state index in [4.69, 9.17) is 0 Å². The molecule has 0 bridgehead atoms. The van der Waals surface area contributed by atoms with Gasteiger partial charge in [-0.2, -0.15) is 0 Å². The number of benzene rings is 6. The molecule has 0 heterocycles. The molecule has 0 amide bonds. The third-order valence-corrected chi connectivity index (χ3v) is 17.1. The Hall–Kier alpha value is -3.77. The summed E-state index contributed by atoms with van der Waals surface area (Å²) in [7, 11) is 0. The minimum absolute atomic E-state index is 0.860. The fraction of sp³-hybridized carbons (Fsp3) is 0.0270. The van der Waals surface area contributed by atoms with E-state index in [-0.39, 0.29) is 0 Å². The van der Waals surface area contributed by atoms with Gasteiger partial charge in [0, 0.05) is 0 Å². The van der Waals surface area contributed by atoms with Gasteiger partial charge in [0.05, 0.1) is 0 Å². The van der Waals surface area contributed by atoms with Crippen molar-refractivity contribution >= 4 is 36.7 Å². The van der Waals surface area contributed by atoms with Crippen LogP contribution in [-0.4, -0.2) is 0 Å². The predicted molar refractivity (Wildman–Crippen MR) is 175 cm³/mol. The second kappa shape index (κ2) is 10.8. The third-order valence-electron chi connectivity index (χ3n) is 7.62. The summed E-state index contributed by atoms with van der Waals surface area (Å²) in [4.78, 5) is 0. The van der Waals surface area contributed by atoms with Gasteiger partial charge in [0.2, 0.25) is 0 Å². The van der Waals surface area contributed by atoms with Crippen molar-refractivity contribution in [2.24, 2.45) is 0 Å². The van der Waals surface area contributed by atoms with Gasteiger partial charge in [0.25, 0.3) is 0 Å². The fourth-order valence-electron chi connectivity index (χ4n) is 5.70. The van der Waals surface area contributed by atoms with Crippen LogP contribution in [0.15, 0.2) is 170 Å². The first-order valence-corrected chi connectivity index (χ1v) is 17.7. The summed E-state index contributed by atoms with van der Waals surface area (Å²) in [6.07, 6.45) is 0.860. The van der Waals surface area contributed by atoms with Gasteiger partial charge in [0.15, 0.2) is 0 Å². The average molecular weight is 586 g/mol. The first-order chi connectivity index (χ1) is 19.2. The van der Waals surface area contributed by atoms with Crippen molar-refractivity contribution in [3.8, 4) is 22.3 Å². The van der Waals surface area contributed by atoms with Crippen LogP contribution >= 0.6 is 20.8 Å². The molecule has 0 fully saturated rings. The van der Waals surface area contributed by atoms with Crippen molar-refractivity contribution in [3.63, 3.8) is 0 Å². The maximum absolute atomic E-state index is 4.63. The van der Waals surface area contributed by atoms with Gasteiger partial charge < -0.3 is 0 Å². The Bertz CT molecular complexity index is 1570. The van der Waals surface area contributed by atoms with E-state index >= 15 is 0 Å². The predicted octanol–water partition coefficient (Wildman–Crippen LogP) is 9.36. The van der Waals surface area contributed by atoms with Crippen molar-refractivity contribution in [3.05, 3.63) is 175 Å². The summed E-state index contributed by atoms with van der Waals surface area (Å²) in [6.45, 7) is 0.